The lowest BCUT2D eigenvalue weighted by Crippen LogP contribution is -2.47. The highest BCUT2D eigenvalue weighted by Gasteiger charge is 2.30. The van der Waals surface area contributed by atoms with Crippen molar-refractivity contribution in [2.45, 2.75) is 12.8 Å². The topological polar surface area (TPSA) is 75.0 Å². The van der Waals surface area contributed by atoms with Crippen LogP contribution in [-0.2, 0) is 4.79 Å². The Hall–Kier alpha value is -3.29. The van der Waals surface area contributed by atoms with Gasteiger partial charge in [0.15, 0.2) is 5.65 Å². The summed E-state index contributed by atoms with van der Waals surface area (Å²) in [6, 6.07) is 14.1. The summed E-state index contributed by atoms with van der Waals surface area (Å²) in [5.41, 5.74) is 1.95. The van der Waals surface area contributed by atoms with E-state index in [0.717, 1.165) is 56.2 Å². The number of aromatic nitrogens is 3. The Bertz CT molecular complexity index is 1020. The first kappa shape index (κ1) is 17.8. The second-order valence-electron chi connectivity index (χ2n) is 7.53. The number of amides is 1. The lowest BCUT2D eigenvalue weighted by Gasteiger charge is -2.37. The third-order valence-corrected chi connectivity index (χ3v) is 5.56. The smallest absolute Gasteiger partial charge is 0.249 e. The molecule has 0 spiro atoms. The molecule has 1 amide bonds. The third kappa shape index (κ3) is 3.57. The van der Waals surface area contributed by atoms with Crippen LogP contribution in [0.3, 0.4) is 0 Å². The number of pyridine rings is 1. The van der Waals surface area contributed by atoms with Crippen molar-refractivity contribution in [2.75, 3.05) is 48.4 Å². The van der Waals surface area contributed by atoms with E-state index in [1.165, 1.54) is 5.69 Å². The molecule has 2 fully saturated rings. The highest BCUT2D eigenvalue weighted by Crippen LogP contribution is 2.30. The first-order valence-corrected chi connectivity index (χ1v) is 10.0. The summed E-state index contributed by atoms with van der Waals surface area (Å²) >= 11 is 0. The SMILES string of the molecule is COc1ccc(N2CCN(c3cccc4nc(NC(=O)C5CC5)nn34)CC2)cc1. The number of hydrogen-bond donors (Lipinski definition) is 1. The molecule has 29 heavy (non-hydrogen) atoms. The Balaban J connectivity index is 1.30. The van der Waals surface area contributed by atoms with Crippen LogP contribution in [-0.4, -0.2) is 53.8 Å². The molecule has 1 N–H and O–H groups in total. The Morgan fingerprint density at radius 1 is 1.03 bits per heavy atom. The van der Waals surface area contributed by atoms with Crippen molar-refractivity contribution < 1.29 is 9.53 Å². The molecule has 0 bridgehead atoms. The maximum Gasteiger partial charge on any atom is 0.249 e. The minimum atomic E-state index is 0.0237. The van der Waals surface area contributed by atoms with Crippen molar-refractivity contribution in [3.05, 3.63) is 42.5 Å². The molecule has 1 saturated heterocycles. The van der Waals surface area contributed by atoms with Crippen molar-refractivity contribution in [1.29, 1.82) is 0 Å². The van der Waals surface area contributed by atoms with E-state index < -0.39 is 0 Å². The summed E-state index contributed by atoms with van der Waals surface area (Å²) in [6.07, 6.45) is 1.92. The number of piperazine rings is 1. The van der Waals surface area contributed by atoms with Crippen molar-refractivity contribution in [1.82, 2.24) is 14.6 Å². The van der Waals surface area contributed by atoms with Crippen LogP contribution < -0.4 is 19.9 Å². The summed E-state index contributed by atoms with van der Waals surface area (Å²) in [6.45, 7) is 3.61. The van der Waals surface area contributed by atoms with Crippen LogP contribution in [0.25, 0.3) is 5.65 Å². The molecule has 8 nitrogen and oxygen atoms in total. The average Bonchev–Trinajstić information content (AvgIpc) is 3.54. The molecule has 2 aliphatic rings. The number of carbonyl (C=O) groups is 1. The van der Waals surface area contributed by atoms with Gasteiger partial charge in [-0.25, -0.2) is 0 Å². The van der Waals surface area contributed by atoms with E-state index >= 15 is 0 Å². The minimum absolute atomic E-state index is 0.0237. The first-order chi connectivity index (χ1) is 14.2. The van der Waals surface area contributed by atoms with E-state index in [1.807, 2.05) is 28.8 Å². The van der Waals surface area contributed by atoms with Crippen molar-refractivity contribution >= 4 is 29.0 Å². The molecule has 1 saturated carbocycles. The number of hydrogen-bond acceptors (Lipinski definition) is 6. The van der Waals surface area contributed by atoms with Gasteiger partial charge >= 0.3 is 0 Å². The Morgan fingerprint density at radius 3 is 2.45 bits per heavy atom. The van der Waals surface area contributed by atoms with Gasteiger partial charge in [0.1, 0.15) is 11.6 Å². The summed E-state index contributed by atoms with van der Waals surface area (Å²) in [5.74, 6) is 2.40. The van der Waals surface area contributed by atoms with Crippen LogP contribution in [0.2, 0.25) is 0 Å². The van der Waals surface area contributed by atoms with E-state index in [0.29, 0.717) is 5.95 Å². The maximum atomic E-state index is 12.0. The molecule has 8 heteroatoms. The zero-order valence-corrected chi connectivity index (χ0v) is 16.4. The van der Waals surface area contributed by atoms with E-state index in [4.69, 9.17) is 4.74 Å². The van der Waals surface area contributed by atoms with E-state index in [-0.39, 0.29) is 11.8 Å². The van der Waals surface area contributed by atoms with Crippen molar-refractivity contribution in [3.63, 3.8) is 0 Å². The fourth-order valence-corrected chi connectivity index (χ4v) is 3.73. The zero-order chi connectivity index (χ0) is 19.8. The fourth-order valence-electron chi connectivity index (χ4n) is 3.73. The van der Waals surface area contributed by atoms with Gasteiger partial charge in [0.05, 0.1) is 7.11 Å². The van der Waals surface area contributed by atoms with Gasteiger partial charge in [0, 0.05) is 37.8 Å². The molecular weight excluding hydrogens is 368 g/mol. The summed E-state index contributed by atoms with van der Waals surface area (Å²) < 4.78 is 7.07. The molecule has 0 atom stereocenters. The molecule has 3 heterocycles. The Morgan fingerprint density at radius 2 is 1.76 bits per heavy atom. The number of nitrogens with one attached hydrogen (secondary N) is 1. The van der Waals surface area contributed by atoms with Crippen LogP contribution in [0.15, 0.2) is 42.5 Å². The van der Waals surface area contributed by atoms with Crippen LogP contribution in [0, 0.1) is 5.92 Å². The van der Waals surface area contributed by atoms with Crippen LogP contribution in [0.5, 0.6) is 5.75 Å². The highest BCUT2D eigenvalue weighted by atomic mass is 16.5. The molecule has 5 rings (SSSR count). The standard InChI is InChI=1S/C21H24N6O2/c1-29-17-9-7-16(8-10-17)25-11-13-26(14-12-25)19-4-2-3-18-22-21(24-27(18)19)23-20(28)15-5-6-15/h2-4,7-10,15H,5-6,11-14H2,1H3,(H,23,24,28). The molecule has 0 radical (unpaired) electrons. The number of ether oxygens (including phenoxy) is 1. The highest BCUT2D eigenvalue weighted by molar-refractivity contribution is 5.92. The predicted octanol–water partition coefficient (Wildman–Crippen LogP) is 2.41. The number of nitrogens with zero attached hydrogens (tertiary/aromatic N) is 5. The van der Waals surface area contributed by atoms with Gasteiger partial charge in [-0.3, -0.25) is 10.1 Å². The molecule has 3 aromatic rings. The second kappa shape index (κ2) is 7.27. The number of fused-ring (bicyclic) bond motifs is 1. The van der Waals surface area contributed by atoms with Crippen molar-refractivity contribution in [3.8, 4) is 5.75 Å². The van der Waals surface area contributed by atoms with E-state index in [2.05, 4.69) is 43.4 Å². The van der Waals surface area contributed by atoms with Gasteiger partial charge in [0.25, 0.3) is 0 Å². The quantitative estimate of drug-likeness (QED) is 0.719. The Labute approximate surface area is 169 Å². The summed E-state index contributed by atoms with van der Waals surface area (Å²) in [4.78, 5) is 21.2. The van der Waals surface area contributed by atoms with Gasteiger partial charge in [-0.1, -0.05) is 6.07 Å². The number of anilines is 3. The van der Waals surface area contributed by atoms with Crippen LogP contribution >= 0.6 is 0 Å². The normalized spacial score (nSPS) is 16.9. The summed E-state index contributed by atoms with van der Waals surface area (Å²) in [5, 5.41) is 7.38. The largest absolute Gasteiger partial charge is 0.497 e. The molecule has 1 aliphatic carbocycles. The zero-order valence-electron chi connectivity index (χ0n) is 16.4. The van der Waals surface area contributed by atoms with Gasteiger partial charge in [-0.15, -0.1) is 5.10 Å². The molecule has 150 valence electrons. The monoisotopic (exact) mass is 392 g/mol. The first-order valence-electron chi connectivity index (χ1n) is 10.0. The lowest BCUT2D eigenvalue weighted by molar-refractivity contribution is -0.117. The Kier molecular flexibility index (Phi) is 4.46. The van der Waals surface area contributed by atoms with E-state index in [1.54, 1.807) is 7.11 Å². The van der Waals surface area contributed by atoms with Crippen molar-refractivity contribution in [2.24, 2.45) is 5.92 Å². The number of carbonyl (C=O) groups excluding carboxylic acids is 1. The summed E-state index contributed by atoms with van der Waals surface area (Å²) in [7, 11) is 1.68. The molecule has 1 aliphatic heterocycles. The maximum absolute atomic E-state index is 12.0. The lowest BCUT2D eigenvalue weighted by atomic mass is 10.2. The second-order valence-corrected chi connectivity index (χ2v) is 7.53. The van der Waals surface area contributed by atoms with Gasteiger partial charge in [0.2, 0.25) is 11.9 Å². The third-order valence-electron chi connectivity index (χ3n) is 5.56. The molecule has 2 aromatic heterocycles. The van der Waals surface area contributed by atoms with E-state index in [9.17, 15) is 4.79 Å². The molecular formula is C21H24N6O2. The average molecular weight is 392 g/mol. The number of rotatable bonds is 5. The van der Waals surface area contributed by atoms with Gasteiger partial charge < -0.3 is 14.5 Å². The number of methoxy groups -OCH3 is 1. The predicted molar refractivity (Wildman–Crippen MR) is 112 cm³/mol. The minimum Gasteiger partial charge on any atom is -0.497 e. The molecule has 1 aromatic carbocycles. The fraction of sp³-hybridized carbons (Fsp3) is 0.381. The molecule has 0 unspecified atom stereocenters. The van der Waals surface area contributed by atoms with Gasteiger partial charge in [-0.2, -0.15) is 9.50 Å². The number of benzene rings is 1. The van der Waals surface area contributed by atoms with Crippen LogP contribution in [0.1, 0.15) is 12.8 Å². The van der Waals surface area contributed by atoms with Crippen LogP contribution in [0.4, 0.5) is 17.5 Å². The van der Waals surface area contributed by atoms with Gasteiger partial charge in [-0.05, 0) is 49.2 Å².